The molecular formula is C9H10ClN3O4. The standard InChI is InChI=1S/C9H10ClN3O4/c1-5(4-14)12-9(15)6-2-3-11-8(10)7(6)13(16)17/h2-3,5,14H,4H2,1H3,(H,12,15). The number of hydrogen-bond acceptors (Lipinski definition) is 5. The van der Waals surface area contributed by atoms with E-state index in [1.807, 2.05) is 0 Å². The molecule has 1 unspecified atom stereocenters. The van der Waals surface area contributed by atoms with Gasteiger partial charge in [-0.3, -0.25) is 14.9 Å². The highest BCUT2D eigenvalue weighted by molar-refractivity contribution is 6.32. The third kappa shape index (κ3) is 3.11. The molecule has 1 atom stereocenters. The van der Waals surface area contributed by atoms with Gasteiger partial charge in [-0.25, -0.2) is 4.98 Å². The maximum absolute atomic E-state index is 11.7. The van der Waals surface area contributed by atoms with Gasteiger partial charge in [0.1, 0.15) is 5.56 Å². The molecule has 0 radical (unpaired) electrons. The number of pyridine rings is 1. The summed E-state index contributed by atoms with van der Waals surface area (Å²) >= 11 is 5.56. The quantitative estimate of drug-likeness (QED) is 0.472. The fourth-order valence-electron chi connectivity index (χ4n) is 1.13. The number of nitro groups is 1. The van der Waals surface area contributed by atoms with Gasteiger partial charge in [0.2, 0.25) is 5.15 Å². The number of rotatable bonds is 4. The van der Waals surface area contributed by atoms with Crippen LogP contribution in [0, 0.1) is 10.1 Å². The average molecular weight is 260 g/mol. The molecule has 8 heteroatoms. The summed E-state index contributed by atoms with van der Waals surface area (Å²) in [5.41, 5.74) is -0.730. The van der Waals surface area contributed by atoms with E-state index < -0.39 is 22.6 Å². The van der Waals surface area contributed by atoms with Gasteiger partial charge < -0.3 is 10.4 Å². The van der Waals surface area contributed by atoms with Crippen LogP contribution in [0.4, 0.5) is 5.69 Å². The fourth-order valence-corrected chi connectivity index (χ4v) is 1.36. The van der Waals surface area contributed by atoms with Gasteiger partial charge in [0.05, 0.1) is 11.5 Å². The van der Waals surface area contributed by atoms with Crippen molar-refractivity contribution in [2.75, 3.05) is 6.61 Å². The molecule has 0 bridgehead atoms. The molecular weight excluding hydrogens is 250 g/mol. The molecule has 1 heterocycles. The topological polar surface area (TPSA) is 105 Å². The zero-order valence-electron chi connectivity index (χ0n) is 8.88. The van der Waals surface area contributed by atoms with Gasteiger partial charge >= 0.3 is 5.69 Å². The van der Waals surface area contributed by atoms with E-state index in [0.29, 0.717) is 0 Å². The number of nitrogens with zero attached hydrogens (tertiary/aromatic N) is 2. The van der Waals surface area contributed by atoms with E-state index in [4.69, 9.17) is 16.7 Å². The summed E-state index contributed by atoms with van der Waals surface area (Å²) < 4.78 is 0. The Hall–Kier alpha value is -1.73. The first-order chi connectivity index (χ1) is 7.97. The van der Waals surface area contributed by atoms with E-state index in [0.717, 1.165) is 0 Å². The largest absolute Gasteiger partial charge is 0.394 e. The molecule has 0 aliphatic carbocycles. The maximum atomic E-state index is 11.7. The van der Waals surface area contributed by atoms with Crippen molar-refractivity contribution in [1.29, 1.82) is 0 Å². The number of aliphatic hydroxyl groups is 1. The lowest BCUT2D eigenvalue weighted by Gasteiger charge is -2.10. The third-order valence-corrected chi connectivity index (χ3v) is 2.23. The van der Waals surface area contributed by atoms with Crippen LogP contribution >= 0.6 is 11.6 Å². The molecule has 1 aromatic rings. The van der Waals surface area contributed by atoms with Crippen LogP contribution in [0.15, 0.2) is 12.3 Å². The summed E-state index contributed by atoms with van der Waals surface area (Å²) in [5.74, 6) is -0.678. The Labute approximate surface area is 102 Å². The fraction of sp³-hybridized carbons (Fsp3) is 0.333. The van der Waals surface area contributed by atoms with Crippen LogP contribution in [0.3, 0.4) is 0 Å². The van der Waals surface area contributed by atoms with Crippen LogP contribution in [0.2, 0.25) is 5.15 Å². The molecule has 0 saturated heterocycles. The van der Waals surface area contributed by atoms with E-state index in [1.165, 1.54) is 12.3 Å². The summed E-state index contributed by atoms with van der Waals surface area (Å²) in [4.78, 5) is 25.2. The summed E-state index contributed by atoms with van der Waals surface area (Å²) in [5, 5.41) is 21.6. The molecule has 0 aromatic carbocycles. The van der Waals surface area contributed by atoms with Crippen molar-refractivity contribution in [2.45, 2.75) is 13.0 Å². The minimum Gasteiger partial charge on any atom is -0.394 e. The normalized spacial score (nSPS) is 11.9. The van der Waals surface area contributed by atoms with E-state index >= 15 is 0 Å². The Bertz CT molecular complexity index is 452. The smallest absolute Gasteiger partial charge is 0.319 e. The van der Waals surface area contributed by atoms with Gasteiger partial charge in [0, 0.05) is 12.2 Å². The van der Waals surface area contributed by atoms with Crippen molar-refractivity contribution >= 4 is 23.2 Å². The van der Waals surface area contributed by atoms with Gasteiger partial charge in [-0.2, -0.15) is 0 Å². The van der Waals surface area contributed by atoms with E-state index in [-0.39, 0.29) is 17.3 Å². The predicted octanol–water partition coefficient (Wildman–Crippen LogP) is 0.754. The van der Waals surface area contributed by atoms with Crippen LogP contribution in [-0.2, 0) is 0 Å². The Kier molecular flexibility index (Phi) is 4.36. The lowest BCUT2D eigenvalue weighted by atomic mass is 10.2. The highest BCUT2D eigenvalue weighted by Crippen LogP contribution is 2.25. The maximum Gasteiger partial charge on any atom is 0.319 e. The predicted molar refractivity (Wildman–Crippen MR) is 59.9 cm³/mol. The van der Waals surface area contributed by atoms with Gasteiger partial charge in [-0.15, -0.1) is 0 Å². The van der Waals surface area contributed by atoms with Crippen LogP contribution in [0.25, 0.3) is 0 Å². The van der Waals surface area contributed by atoms with Crippen molar-refractivity contribution in [3.63, 3.8) is 0 Å². The number of halogens is 1. The van der Waals surface area contributed by atoms with Crippen LogP contribution in [-0.4, -0.2) is 33.6 Å². The molecule has 0 saturated carbocycles. The summed E-state index contributed by atoms with van der Waals surface area (Å²) in [6.07, 6.45) is 1.20. The first kappa shape index (κ1) is 13.3. The monoisotopic (exact) mass is 259 g/mol. The van der Waals surface area contributed by atoms with Crippen molar-refractivity contribution in [2.24, 2.45) is 0 Å². The average Bonchev–Trinajstić information content (AvgIpc) is 2.27. The molecule has 2 N–H and O–H groups in total. The highest BCUT2D eigenvalue weighted by Gasteiger charge is 2.25. The Balaban J connectivity index is 3.09. The van der Waals surface area contributed by atoms with Crippen molar-refractivity contribution in [1.82, 2.24) is 10.3 Å². The molecule has 1 amide bonds. The first-order valence-electron chi connectivity index (χ1n) is 4.68. The van der Waals surface area contributed by atoms with Gasteiger partial charge in [-0.1, -0.05) is 11.6 Å². The first-order valence-corrected chi connectivity index (χ1v) is 5.05. The van der Waals surface area contributed by atoms with Crippen LogP contribution in [0.1, 0.15) is 17.3 Å². The van der Waals surface area contributed by atoms with E-state index in [9.17, 15) is 14.9 Å². The lowest BCUT2D eigenvalue weighted by Crippen LogP contribution is -2.35. The summed E-state index contributed by atoms with van der Waals surface area (Å²) in [6.45, 7) is 1.30. The minimum atomic E-state index is -0.770. The summed E-state index contributed by atoms with van der Waals surface area (Å²) in [6, 6.07) is 0.692. The zero-order valence-corrected chi connectivity index (χ0v) is 9.64. The second-order valence-corrected chi connectivity index (χ2v) is 3.67. The number of carbonyl (C=O) groups is 1. The number of aromatic nitrogens is 1. The molecule has 0 spiro atoms. The van der Waals surface area contributed by atoms with Crippen LogP contribution < -0.4 is 5.32 Å². The SMILES string of the molecule is CC(CO)NC(=O)c1ccnc(Cl)c1[N+](=O)[O-]. The Morgan fingerprint density at radius 2 is 2.41 bits per heavy atom. The Morgan fingerprint density at radius 3 is 2.94 bits per heavy atom. The number of amides is 1. The molecule has 7 nitrogen and oxygen atoms in total. The highest BCUT2D eigenvalue weighted by atomic mass is 35.5. The number of aliphatic hydroxyl groups excluding tert-OH is 1. The second kappa shape index (κ2) is 5.55. The molecule has 17 heavy (non-hydrogen) atoms. The van der Waals surface area contributed by atoms with Gasteiger partial charge in [-0.05, 0) is 13.0 Å². The van der Waals surface area contributed by atoms with Crippen molar-refractivity contribution in [3.05, 3.63) is 33.1 Å². The molecule has 1 aromatic heterocycles. The molecule has 0 aliphatic rings. The van der Waals surface area contributed by atoms with E-state index in [2.05, 4.69) is 10.3 Å². The number of nitrogens with one attached hydrogen (secondary N) is 1. The van der Waals surface area contributed by atoms with E-state index in [1.54, 1.807) is 6.92 Å². The number of carbonyl (C=O) groups excluding carboxylic acids is 1. The summed E-state index contributed by atoms with van der Waals surface area (Å²) in [7, 11) is 0. The van der Waals surface area contributed by atoms with Gasteiger partial charge in [0.25, 0.3) is 5.91 Å². The molecule has 1 rings (SSSR count). The van der Waals surface area contributed by atoms with Gasteiger partial charge in [0.15, 0.2) is 0 Å². The lowest BCUT2D eigenvalue weighted by molar-refractivity contribution is -0.385. The second-order valence-electron chi connectivity index (χ2n) is 3.31. The van der Waals surface area contributed by atoms with Crippen molar-refractivity contribution < 1.29 is 14.8 Å². The molecule has 92 valence electrons. The number of hydrogen-bond donors (Lipinski definition) is 2. The molecule has 0 fully saturated rings. The van der Waals surface area contributed by atoms with Crippen molar-refractivity contribution in [3.8, 4) is 0 Å². The van der Waals surface area contributed by atoms with Crippen LogP contribution in [0.5, 0.6) is 0 Å². The third-order valence-electron chi connectivity index (χ3n) is 1.96. The molecule has 0 aliphatic heterocycles. The zero-order chi connectivity index (χ0) is 13.0. The Morgan fingerprint density at radius 1 is 1.76 bits per heavy atom. The minimum absolute atomic E-state index is 0.185.